The van der Waals surface area contributed by atoms with Crippen LogP contribution in [0.2, 0.25) is 0 Å². The standard InChI is InChI=1S/C11H25NO4Si/c1-4-14-17(15-5-2,16-6-3)11-12-7-9-13-10-8-12/h4-11H2,1-3H3. The lowest BCUT2D eigenvalue weighted by Crippen LogP contribution is -2.57. The van der Waals surface area contributed by atoms with Gasteiger partial charge in [-0.15, -0.1) is 0 Å². The number of hydrogen-bond acceptors (Lipinski definition) is 5. The smallest absolute Gasteiger partial charge is 0.379 e. The summed E-state index contributed by atoms with van der Waals surface area (Å²) in [4.78, 5) is 2.32. The van der Waals surface area contributed by atoms with E-state index in [1.807, 2.05) is 20.8 Å². The highest BCUT2D eigenvalue weighted by Crippen LogP contribution is 2.13. The molecule has 1 fully saturated rings. The summed E-state index contributed by atoms with van der Waals surface area (Å²) in [5.41, 5.74) is 0. The lowest BCUT2D eigenvalue weighted by Gasteiger charge is -2.35. The minimum atomic E-state index is -2.51. The minimum absolute atomic E-state index is 0.635. The van der Waals surface area contributed by atoms with Gasteiger partial charge in [0.15, 0.2) is 0 Å². The van der Waals surface area contributed by atoms with Crippen molar-refractivity contribution in [2.75, 3.05) is 52.3 Å². The molecule has 0 aliphatic carbocycles. The van der Waals surface area contributed by atoms with Crippen molar-refractivity contribution in [3.05, 3.63) is 0 Å². The number of rotatable bonds is 8. The van der Waals surface area contributed by atoms with Gasteiger partial charge in [0, 0.05) is 32.9 Å². The van der Waals surface area contributed by atoms with Crippen molar-refractivity contribution in [2.24, 2.45) is 0 Å². The van der Waals surface area contributed by atoms with Gasteiger partial charge in [-0.1, -0.05) is 0 Å². The third-order valence-corrected chi connectivity index (χ3v) is 5.63. The van der Waals surface area contributed by atoms with E-state index in [0.29, 0.717) is 19.8 Å². The second kappa shape index (κ2) is 8.18. The van der Waals surface area contributed by atoms with E-state index in [-0.39, 0.29) is 0 Å². The molecule has 0 unspecified atom stereocenters. The lowest BCUT2D eigenvalue weighted by molar-refractivity contribution is 0.0175. The maximum absolute atomic E-state index is 5.83. The van der Waals surface area contributed by atoms with E-state index < -0.39 is 8.80 Å². The van der Waals surface area contributed by atoms with Crippen LogP contribution in [0.1, 0.15) is 20.8 Å². The van der Waals surface area contributed by atoms with Crippen LogP contribution in [-0.4, -0.2) is 66.0 Å². The fraction of sp³-hybridized carbons (Fsp3) is 1.00. The van der Waals surface area contributed by atoms with Crippen molar-refractivity contribution < 1.29 is 18.0 Å². The van der Waals surface area contributed by atoms with Gasteiger partial charge in [-0.25, -0.2) is 0 Å². The number of hydrogen-bond donors (Lipinski definition) is 0. The number of ether oxygens (including phenoxy) is 1. The normalized spacial score (nSPS) is 18.5. The Balaban J connectivity index is 2.57. The summed E-state index contributed by atoms with van der Waals surface area (Å²) < 4.78 is 22.8. The van der Waals surface area contributed by atoms with Gasteiger partial charge < -0.3 is 18.0 Å². The quantitative estimate of drug-likeness (QED) is 0.609. The van der Waals surface area contributed by atoms with Gasteiger partial charge in [-0.2, -0.15) is 0 Å². The highest BCUT2D eigenvalue weighted by Gasteiger charge is 2.42. The molecule has 5 nitrogen and oxygen atoms in total. The highest BCUT2D eigenvalue weighted by molar-refractivity contribution is 6.60. The Kier molecular flexibility index (Phi) is 7.25. The maximum atomic E-state index is 5.83. The average Bonchev–Trinajstić information content (AvgIpc) is 2.31. The van der Waals surface area contributed by atoms with Gasteiger partial charge in [0.05, 0.1) is 19.4 Å². The highest BCUT2D eigenvalue weighted by atomic mass is 28.4. The molecule has 1 aliphatic rings. The Bertz CT molecular complexity index is 183. The second-order valence-corrected chi connectivity index (χ2v) is 6.42. The zero-order chi connectivity index (χ0) is 12.6. The van der Waals surface area contributed by atoms with Crippen LogP contribution in [0.5, 0.6) is 0 Å². The largest absolute Gasteiger partial charge is 0.515 e. The summed E-state index contributed by atoms with van der Waals surface area (Å²) >= 11 is 0. The first kappa shape index (κ1) is 15.1. The Labute approximate surface area is 105 Å². The molecule has 0 atom stereocenters. The zero-order valence-electron chi connectivity index (χ0n) is 11.2. The Hall–Kier alpha value is 0.0169. The first-order valence-electron chi connectivity index (χ1n) is 6.48. The van der Waals surface area contributed by atoms with Gasteiger partial charge >= 0.3 is 8.80 Å². The summed E-state index contributed by atoms with van der Waals surface area (Å²) in [5, 5.41) is 0. The molecule has 102 valence electrons. The van der Waals surface area contributed by atoms with Gasteiger partial charge in [-0.05, 0) is 20.8 Å². The molecule has 0 bridgehead atoms. The molecule has 0 aromatic heterocycles. The first-order chi connectivity index (χ1) is 8.26. The summed E-state index contributed by atoms with van der Waals surface area (Å²) in [7, 11) is -2.51. The molecule has 1 rings (SSSR count). The molecular weight excluding hydrogens is 238 g/mol. The molecule has 17 heavy (non-hydrogen) atoms. The van der Waals surface area contributed by atoms with Crippen molar-refractivity contribution in [2.45, 2.75) is 20.8 Å². The fourth-order valence-corrected chi connectivity index (χ4v) is 4.66. The van der Waals surface area contributed by atoms with Crippen LogP contribution in [0.25, 0.3) is 0 Å². The van der Waals surface area contributed by atoms with Gasteiger partial charge in [-0.3, -0.25) is 4.90 Å². The van der Waals surface area contributed by atoms with E-state index in [9.17, 15) is 0 Å². The molecule has 0 spiro atoms. The van der Waals surface area contributed by atoms with Crippen molar-refractivity contribution >= 4 is 8.80 Å². The van der Waals surface area contributed by atoms with Crippen molar-refractivity contribution in [3.63, 3.8) is 0 Å². The predicted molar refractivity (Wildman–Crippen MR) is 67.9 cm³/mol. The van der Waals surface area contributed by atoms with Crippen LogP contribution in [0.3, 0.4) is 0 Å². The van der Waals surface area contributed by atoms with Crippen LogP contribution < -0.4 is 0 Å². The fourth-order valence-electron chi connectivity index (χ4n) is 1.95. The summed E-state index contributed by atoms with van der Waals surface area (Å²) in [6.45, 7) is 11.3. The average molecular weight is 263 g/mol. The summed E-state index contributed by atoms with van der Waals surface area (Å²) in [5.74, 6) is 0. The molecule has 1 heterocycles. The van der Waals surface area contributed by atoms with E-state index >= 15 is 0 Å². The topological polar surface area (TPSA) is 40.2 Å². The Morgan fingerprint density at radius 2 is 1.41 bits per heavy atom. The van der Waals surface area contributed by atoms with Gasteiger partial charge in [0.25, 0.3) is 0 Å². The summed E-state index contributed by atoms with van der Waals surface area (Å²) in [6.07, 6.45) is 0.770. The molecule has 0 amide bonds. The monoisotopic (exact) mass is 263 g/mol. The molecule has 1 aliphatic heterocycles. The van der Waals surface area contributed by atoms with Crippen molar-refractivity contribution in [3.8, 4) is 0 Å². The van der Waals surface area contributed by atoms with E-state index in [0.717, 1.165) is 32.5 Å². The molecule has 6 heteroatoms. The van der Waals surface area contributed by atoms with Crippen LogP contribution in [-0.2, 0) is 18.0 Å². The molecule has 0 aromatic carbocycles. The molecule has 0 N–H and O–H groups in total. The molecular formula is C11H25NO4Si. The molecule has 0 saturated carbocycles. The molecule has 0 aromatic rings. The van der Waals surface area contributed by atoms with E-state index in [1.165, 1.54) is 0 Å². The van der Waals surface area contributed by atoms with Gasteiger partial charge in [0.1, 0.15) is 0 Å². The molecule has 1 saturated heterocycles. The maximum Gasteiger partial charge on any atom is 0.515 e. The second-order valence-electron chi connectivity index (χ2n) is 3.87. The molecule has 0 radical (unpaired) electrons. The third kappa shape index (κ3) is 5.03. The van der Waals surface area contributed by atoms with Crippen LogP contribution in [0.4, 0.5) is 0 Å². The number of morpholine rings is 1. The third-order valence-electron chi connectivity index (χ3n) is 2.61. The van der Waals surface area contributed by atoms with Crippen molar-refractivity contribution in [1.82, 2.24) is 4.90 Å². The van der Waals surface area contributed by atoms with E-state index in [1.54, 1.807) is 0 Å². The Morgan fingerprint density at radius 1 is 0.941 bits per heavy atom. The van der Waals surface area contributed by atoms with Crippen LogP contribution in [0, 0.1) is 0 Å². The minimum Gasteiger partial charge on any atom is -0.379 e. The zero-order valence-corrected chi connectivity index (χ0v) is 12.2. The SMILES string of the molecule is CCO[Si](CN1CCOCC1)(OCC)OCC. The summed E-state index contributed by atoms with van der Waals surface area (Å²) in [6, 6.07) is 0. The first-order valence-corrected chi connectivity index (χ1v) is 8.41. The van der Waals surface area contributed by atoms with E-state index in [2.05, 4.69) is 4.90 Å². The van der Waals surface area contributed by atoms with Gasteiger partial charge in [0.2, 0.25) is 0 Å². The van der Waals surface area contributed by atoms with Crippen LogP contribution >= 0.6 is 0 Å². The predicted octanol–water partition coefficient (Wildman–Crippen LogP) is 0.906. The number of nitrogens with zero attached hydrogens (tertiary/aromatic N) is 1. The van der Waals surface area contributed by atoms with Crippen LogP contribution in [0.15, 0.2) is 0 Å². The lowest BCUT2D eigenvalue weighted by atomic mass is 10.5. The van der Waals surface area contributed by atoms with Crippen molar-refractivity contribution in [1.29, 1.82) is 0 Å². The van der Waals surface area contributed by atoms with E-state index in [4.69, 9.17) is 18.0 Å². The Morgan fingerprint density at radius 3 is 1.82 bits per heavy atom.